The van der Waals surface area contributed by atoms with E-state index in [1.807, 2.05) is 0 Å². The van der Waals surface area contributed by atoms with Crippen molar-refractivity contribution in [3.8, 4) is 0 Å². The summed E-state index contributed by atoms with van der Waals surface area (Å²) in [7, 11) is 0. The number of urea groups is 1. The topological polar surface area (TPSA) is 112 Å². The highest BCUT2D eigenvalue weighted by atomic mass is 35.5. The van der Waals surface area contributed by atoms with E-state index < -0.39 is 12.1 Å². The number of carbonyl (C=O) groups excluding carboxylic acids is 2. The highest BCUT2D eigenvalue weighted by Gasteiger charge is 2.46. The Bertz CT molecular complexity index is 831. The molecule has 2 aromatic rings. The molecule has 3 heterocycles. The normalized spacial score (nSPS) is 20.9. The number of aliphatic hydroxyl groups excluding tert-OH is 1. The molecule has 2 saturated heterocycles. The van der Waals surface area contributed by atoms with Gasteiger partial charge in [0.25, 0.3) is 5.91 Å². The SMILES string of the molecule is O=C1[C@@H]2CNCCN2C(=O)N1Cc1nc(C[C@H](O)c2ccc(Cl)cc2)no1. The smallest absolute Gasteiger partial charge is 0.328 e. The minimum Gasteiger partial charge on any atom is -0.388 e. The van der Waals surface area contributed by atoms with E-state index in [4.69, 9.17) is 16.1 Å². The van der Waals surface area contributed by atoms with Gasteiger partial charge in [-0.05, 0) is 17.7 Å². The molecule has 27 heavy (non-hydrogen) atoms. The van der Waals surface area contributed by atoms with Gasteiger partial charge in [-0.2, -0.15) is 4.98 Å². The van der Waals surface area contributed by atoms with Crippen LogP contribution >= 0.6 is 11.6 Å². The molecule has 2 aliphatic rings. The molecule has 2 atom stereocenters. The number of hydrogen-bond acceptors (Lipinski definition) is 7. The van der Waals surface area contributed by atoms with E-state index in [9.17, 15) is 14.7 Å². The first-order chi connectivity index (χ1) is 13.0. The number of nitrogens with one attached hydrogen (secondary N) is 1. The van der Waals surface area contributed by atoms with Crippen LogP contribution in [0.3, 0.4) is 0 Å². The van der Waals surface area contributed by atoms with Crippen molar-refractivity contribution in [1.82, 2.24) is 25.3 Å². The van der Waals surface area contributed by atoms with Crippen molar-refractivity contribution in [3.05, 3.63) is 46.6 Å². The van der Waals surface area contributed by atoms with Crippen LogP contribution in [0, 0.1) is 0 Å². The molecule has 10 heteroatoms. The molecular formula is C17H18ClN5O4. The maximum absolute atomic E-state index is 12.4. The van der Waals surface area contributed by atoms with Gasteiger partial charge >= 0.3 is 6.03 Å². The fourth-order valence-corrected chi connectivity index (χ4v) is 3.40. The lowest BCUT2D eigenvalue weighted by Gasteiger charge is -2.26. The summed E-state index contributed by atoms with van der Waals surface area (Å²) in [5, 5.41) is 17.8. The molecule has 1 aromatic heterocycles. The van der Waals surface area contributed by atoms with Crippen LogP contribution in [0.5, 0.6) is 0 Å². The lowest BCUT2D eigenvalue weighted by Crippen LogP contribution is -2.51. The van der Waals surface area contributed by atoms with Crippen LogP contribution in [-0.4, -0.2) is 62.7 Å². The number of nitrogens with zero attached hydrogens (tertiary/aromatic N) is 4. The van der Waals surface area contributed by atoms with Crippen molar-refractivity contribution in [3.63, 3.8) is 0 Å². The second kappa shape index (κ2) is 7.26. The molecule has 0 bridgehead atoms. The predicted molar refractivity (Wildman–Crippen MR) is 93.7 cm³/mol. The van der Waals surface area contributed by atoms with Gasteiger partial charge in [-0.15, -0.1) is 0 Å². The summed E-state index contributed by atoms with van der Waals surface area (Å²) in [4.78, 5) is 31.7. The average Bonchev–Trinajstić information content (AvgIpc) is 3.21. The summed E-state index contributed by atoms with van der Waals surface area (Å²) in [5.74, 6) is 0.182. The van der Waals surface area contributed by atoms with Crippen molar-refractivity contribution < 1.29 is 19.2 Å². The number of aliphatic hydroxyl groups is 1. The van der Waals surface area contributed by atoms with E-state index in [1.165, 1.54) is 0 Å². The zero-order valence-corrected chi connectivity index (χ0v) is 15.1. The highest BCUT2D eigenvalue weighted by Crippen LogP contribution is 2.22. The Hall–Kier alpha value is -2.49. The van der Waals surface area contributed by atoms with E-state index in [0.717, 1.165) is 4.90 Å². The van der Waals surface area contributed by atoms with Crippen molar-refractivity contribution in [2.24, 2.45) is 0 Å². The lowest BCUT2D eigenvalue weighted by molar-refractivity contribution is -0.129. The third kappa shape index (κ3) is 3.53. The number of amides is 3. The minimum atomic E-state index is -0.817. The van der Waals surface area contributed by atoms with Gasteiger partial charge in [-0.3, -0.25) is 9.69 Å². The van der Waals surface area contributed by atoms with E-state index in [0.29, 0.717) is 36.0 Å². The van der Waals surface area contributed by atoms with Gasteiger partial charge in [0.2, 0.25) is 5.89 Å². The van der Waals surface area contributed by atoms with Gasteiger partial charge in [0, 0.05) is 31.1 Å². The number of rotatable bonds is 5. The molecule has 2 N–H and O–H groups in total. The third-order valence-electron chi connectivity index (χ3n) is 4.71. The number of aromatic nitrogens is 2. The van der Waals surface area contributed by atoms with Crippen molar-refractivity contribution in [2.75, 3.05) is 19.6 Å². The number of imide groups is 1. The third-order valence-corrected chi connectivity index (χ3v) is 4.96. The molecule has 9 nitrogen and oxygen atoms in total. The Morgan fingerprint density at radius 1 is 1.33 bits per heavy atom. The van der Waals surface area contributed by atoms with Gasteiger partial charge in [0.15, 0.2) is 5.82 Å². The quantitative estimate of drug-likeness (QED) is 0.723. The Kier molecular flexibility index (Phi) is 4.81. The number of halogens is 1. The Morgan fingerprint density at radius 3 is 2.85 bits per heavy atom. The van der Waals surface area contributed by atoms with E-state index >= 15 is 0 Å². The second-order valence-corrected chi connectivity index (χ2v) is 6.93. The van der Waals surface area contributed by atoms with Crippen molar-refractivity contribution >= 4 is 23.5 Å². The van der Waals surface area contributed by atoms with Gasteiger partial charge in [0.1, 0.15) is 12.6 Å². The van der Waals surface area contributed by atoms with Crippen LogP contribution in [0.4, 0.5) is 4.79 Å². The van der Waals surface area contributed by atoms with Crippen molar-refractivity contribution in [1.29, 1.82) is 0 Å². The van der Waals surface area contributed by atoms with E-state index in [1.54, 1.807) is 29.2 Å². The van der Waals surface area contributed by atoms with Crippen LogP contribution in [0.1, 0.15) is 23.4 Å². The molecule has 0 aliphatic carbocycles. The predicted octanol–water partition coefficient (Wildman–Crippen LogP) is 0.735. The first-order valence-corrected chi connectivity index (χ1v) is 8.98. The summed E-state index contributed by atoms with van der Waals surface area (Å²) in [6.07, 6.45) is -0.672. The molecule has 0 spiro atoms. The Balaban J connectivity index is 1.41. The summed E-state index contributed by atoms with van der Waals surface area (Å²) >= 11 is 5.84. The second-order valence-electron chi connectivity index (χ2n) is 6.50. The minimum absolute atomic E-state index is 0.0747. The summed E-state index contributed by atoms with van der Waals surface area (Å²) in [5.41, 5.74) is 0.681. The van der Waals surface area contributed by atoms with Crippen LogP contribution in [0.25, 0.3) is 0 Å². The monoisotopic (exact) mass is 391 g/mol. The Morgan fingerprint density at radius 2 is 2.11 bits per heavy atom. The van der Waals surface area contributed by atoms with Gasteiger partial charge in [-0.1, -0.05) is 28.9 Å². The molecule has 0 saturated carbocycles. The fraction of sp³-hybridized carbons (Fsp3) is 0.412. The maximum Gasteiger partial charge on any atom is 0.328 e. The zero-order valence-electron chi connectivity index (χ0n) is 14.3. The van der Waals surface area contributed by atoms with Gasteiger partial charge < -0.3 is 19.8 Å². The zero-order chi connectivity index (χ0) is 19.0. The lowest BCUT2D eigenvalue weighted by atomic mass is 10.1. The standard InChI is InChI=1S/C17H18ClN5O4/c18-11-3-1-10(2-4-11)13(24)7-14-20-15(27-21-14)9-23-16(25)12-8-19-5-6-22(12)17(23)26/h1-4,12-13,19,24H,5-9H2/t12-,13-/m0/s1. The maximum atomic E-state index is 12.4. The molecule has 0 unspecified atom stereocenters. The Labute approximate surface area is 159 Å². The molecule has 1 aromatic carbocycles. The number of carbonyl (C=O) groups is 2. The number of fused-ring (bicyclic) bond motifs is 1. The van der Waals surface area contributed by atoms with Gasteiger partial charge in [-0.25, -0.2) is 4.79 Å². The van der Waals surface area contributed by atoms with E-state index in [-0.39, 0.29) is 30.8 Å². The molecule has 4 rings (SSSR count). The first kappa shape index (κ1) is 17.9. The summed E-state index contributed by atoms with van der Waals surface area (Å²) in [6.45, 7) is 1.53. The fourth-order valence-electron chi connectivity index (χ4n) is 3.28. The van der Waals surface area contributed by atoms with Crippen LogP contribution in [0.15, 0.2) is 28.8 Å². The van der Waals surface area contributed by atoms with Crippen molar-refractivity contribution in [2.45, 2.75) is 25.1 Å². The van der Waals surface area contributed by atoms with Gasteiger partial charge in [0.05, 0.1) is 6.10 Å². The largest absolute Gasteiger partial charge is 0.388 e. The highest BCUT2D eigenvalue weighted by molar-refractivity contribution is 6.30. The molecule has 2 fully saturated rings. The van der Waals surface area contributed by atoms with E-state index in [2.05, 4.69) is 15.5 Å². The first-order valence-electron chi connectivity index (χ1n) is 8.60. The molecule has 0 radical (unpaired) electrons. The van der Waals surface area contributed by atoms with Crippen LogP contribution < -0.4 is 5.32 Å². The van der Waals surface area contributed by atoms with Crippen LogP contribution in [-0.2, 0) is 17.8 Å². The average molecular weight is 392 g/mol. The molecule has 3 amide bonds. The number of benzene rings is 1. The summed E-state index contributed by atoms with van der Waals surface area (Å²) < 4.78 is 5.16. The number of piperazine rings is 1. The van der Waals surface area contributed by atoms with Crippen LogP contribution in [0.2, 0.25) is 5.02 Å². The summed E-state index contributed by atoms with van der Waals surface area (Å²) in [6, 6.07) is 6.01. The molecule has 2 aliphatic heterocycles. The molecule has 142 valence electrons. The number of hydrogen-bond donors (Lipinski definition) is 2. The molecular weight excluding hydrogens is 374 g/mol.